The van der Waals surface area contributed by atoms with Crippen molar-refractivity contribution in [3.05, 3.63) is 29.8 Å². The molecule has 1 aliphatic carbocycles. The smallest absolute Gasteiger partial charge is 0.129 e. The van der Waals surface area contributed by atoms with Gasteiger partial charge in [-0.25, -0.2) is 8.78 Å². The van der Waals surface area contributed by atoms with Gasteiger partial charge in [-0.1, -0.05) is 6.92 Å². The molecule has 4 heteroatoms. The molecule has 0 heterocycles. The lowest BCUT2D eigenvalue weighted by Crippen LogP contribution is -2.38. The summed E-state index contributed by atoms with van der Waals surface area (Å²) >= 11 is 0. The maximum absolute atomic E-state index is 13.0. The second-order valence-corrected chi connectivity index (χ2v) is 4.36. The number of ether oxygens (including phenoxy) is 1. The first-order valence-corrected chi connectivity index (χ1v) is 6.05. The van der Waals surface area contributed by atoms with Crippen molar-refractivity contribution in [1.29, 1.82) is 0 Å². The summed E-state index contributed by atoms with van der Waals surface area (Å²) in [4.78, 5) is 0. The highest BCUT2D eigenvalue weighted by Gasteiger charge is 2.28. The van der Waals surface area contributed by atoms with Crippen molar-refractivity contribution in [3.63, 3.8) is 0 Å². The van der Waals surface area contributed by atoms with E-state index in [-0.39, 0.29) is 17.9 Å². The summed E-state index contributed by atoms with van der Waals surface area (Å²) in [5.41, 5.74) is 0. The van der Waals surface area contributed by atoms with E-state index in [1.54, 1.807) is 0 Å². The second kappa shape index (κ2) is 5.45. The van der Waals surface area contributed by atoms with Crippen LogP contribution in [0.4, 0.5) is 8.78 Å². The van der Waals surface area contributed by atoms with Crippen LogP contribution in [0, 0.1) is 11.6 Å². The lowest BCUT2D eigenvalue weighted by atomic mass is 10.2. The third-order valence-corrected chi connectivity index (χ3v) is 3.04. The molecule has 94 valence electrons. The zero-order valence-corrected chi connectivity index (χ0v) is 9.88. The predicted octanol–water partition coefficient (Wildman–Crippen LogP) is 2.87. The molecule has 0 aliphatic heterocycles. The monoisotopic (exact) mass is 241 g/mol. The number of likely N-dealkylation sites (N-methyl/N-ethyl adjacent to an activating group) is 1. The minimum absolute atomic E-state index is 0.0103. The fourth-order valence-electron chi connectivity index (χ4n) is 2.33. The highest BCUT2D eigenvalue weighted by atomic mass is 19.1. The highest BCUT2D eigenvalue weighted by Crippen LogP contribution is 2.25. The first-order valence-electron chi connectivity index (χ1n) is 6.05. The fourth-order valence-corrected chi connectivity index (χ4v) is 2.33. The van der Waals surface area contributed by atoms with Gasteiger partial charge in [-0.15, -0.1) is 0 Å². The largest absolute Gasteiger partial charge is 0.489 e. The van der Waals surface area contributed by atoms with Crippen LogP contribution in [0.2, 0.25) is 0 Å². The highest BCUT2D eigenvalue weighted by molar-refractivity contribution is 5.24. The zero-order valence-electron chi connectivity index (χ0n) is 9.88. The summed E-state index contributed by atoms with van der Waals surface area (Å²) in [6, 6.07) is 3.59. The molecule has 2 rings (SSSR count). The number of halogens is 2. The third-order valence-electron chi connectivity index (χ3n) is 3.04. The Morgan fingerprint density at radius 2 is 1.94 bits per heavy atom. The van der Waals surface area contributed by atoms with Crippen molar-refractivity contribution in [2.45, 2.75) is 38.3 Å². The minimum atomic E-state index is -0.599. The SMILES string of the molecule is CCNC1CCCC1Oc1cc(F)cc(F)c1. The Balaban J connectivity index is 2.04. The molecule has 2 nitrogen and oxygen atoms in total. The van der Waals surface area contributed by atoms with E-state index in [1.165, 1.54) is 12.1 Å². The summed E-state index contributed by atoms with van der Waals surface area (Å²) in [6.07, 6.45) is 3.07. The van der Waals surface area contributed by atoms with Crippen molar-refractivity contribution < 1.29 is 13.5 Å². The standard InChI is InChI=1S/C13H17F2NO/c1-2-16-12-4-3-5-13(12)17-11-7-9(14)6-10(15)8-11/h6-8,12-13,16H,2-5H2,1H3. The predicted molar refractivity (Wildman–Crippen MR) is 62.1 cm³/mol. The van der Waals surface area contributed by atoms with Gasteiger partial charge in [-0.05, 0) is 25.8 Å². The van der Waals surface area contributed by atoms with E-state index in [1.807, 2.05) is 6.92 Å². The van der Waals surface area contributed by atoms with Crippen molar-refractivity contribution in [3.8, 4) is 5.75 Å². The van der Waals surface area contributed by atoms with Gasteiger partial charge < -0.3 is 10.1 Å². The Hall–Kier alpha value is -1.16. The van der Waals surface area contributed by atoms with Crippen molar-refractivity contribution >= 4 is 0 Å². The van der Waals surface area contributed by atoms with E-state index in [2.05, 4.69) is 5.32 Å². The molecular weight excluding hydrogens is 224 g/mol. The maximum atomic E-state index is 13.0. The Kier molecular flexibility index (Phi) is 3.94. The molecule has 0 spiro atoms. The second-order valence-electron chi connectivity index (χ2n) is 4.36. The molecule has 0 aromatic heterocycles. The molecule has 0 bridgehead atoms. The van der Waals surface area contributed by atoms with Gasteiger partial charge in [-0.2, -0.15) is 0 Å². The van der Waals surface area contributed by atoms with Gasteiger partial charge in [0.1, 0.15) is 23.5 Å². The van der Waals surface area contributed by atoms with E-state index < -0.39 is 11.6 Å². The number of rotatable bonds is 4. The first kappa shape index (κ1) is 12.3. The van der Waals surface area contributed by atoms with Crippen LogP contribution in [-0.2, 0) is 0 Å². The van der Waals surface area contributed by atoms with E-state index in [0.717, 1.165) is 31.9 Å². The van der Waals surface area contributed by atoms with Gasteiger partial charge in [0, 0.05) is 24.2 Å². The zero-order chi connectivity index (χ0) is 12.3. The van der Waals surface area contributed by atoms with Crippen LogP contribution in [-0.4, -0.2) is 18.7 Å². The van der Waals surface area contributed by atoms with E-state index in [0.29, 0.717) is 0 Å². The molecule has 1 N–H and O–H groups in total. The molecule has 0 radical (unpaired) electrons. The van der Waals surface area contributed by atoms with Gasteiger partial charge in [-0.3, -0.25) is 0 Å². The van der Waals surface area contributed by atoms with E-state index in [4.69, 9.17) is 4.74 Å². The number of nitrogens with one attached hydrogen (secondary N) is 1. The fraction of sp³-hybridized carbons (Fsp3) is 0.538. The van der Waals surface area contributed by atoms with Crippen LogP contribution in [0.5, 0.6) is 5.75 Å². The van der Waals surface area contributed by atoms with E-state index in [9.17, 15) is 8.78 Å². The third kappa shape index (κ3) is 3.16. The Morgan fingerprint density at radius 1 is 1.24 bits per heavy atom. The van der Waals surface area contributed by atoms with Crippen LogP contribution in [0.15, 0.2) is 18.2 Å². The van der Waals surface area contributed by atoms with Crippen LogP contribution in [0.3, 0.4) is 0 Å². The summed E-state index contributed by atoms with van der Waals surface area (Å²) in [7, 11) is 0. The van der Waals surface area contributed by atoms with Gasteiger partial charge in [0.05, 0.1) is 0 Å². The lowest BCUT2D eigenvalue weighted by Gasteiger charge is -2.21. The molecule has 1 aromatic rings. The molecular formula is C13H17F2NO. The maximum Gasteiger partial charge on any atom is 0.129 e. The lowest BCUT2D eigenvalue weighted by molar-refractivity contribution is 0.174. The molecule has 17 heavy (non-hydrogen) atoms. The van der Waals surface area contributed by atoms with Crippen molar-refractivity contribution in [2.24, 2.45) is 0 Å². The van der Waals surface area contributed by atoms with Crippen molar-refractivity contribution in [2.75, 3.05) is 6.54 Å². The quantitative estimate of drug-likeness (QED) is 0.875. The Morgan fingerprint density at radius 3 is 2.59 bits per heavy atom. The first-order chi connectivity index (χ1) is 8.19. The molecule has 1 aromatic carbocycles. The molecule has 1 saturated carbocycles. The molecule has 0 amide bonds. The summed E-state index contributed by atoms with van der Waals surface area (Å²) in [5, 5.41) is 3.33. The van der Waals surface area contributed by atoms with Gasteiger partial charge in [0.15, 0.2) is 0 Å². The minimum Gasteiger partial charge on any atom is -0.489 e. The molecule has 1 aliphatic rings. The molecule has 1 fully saturated rings. The van der Waals surface area contributed by atoms with Crippen LogP contribution in [0.1, 0.15) is 26.2 Å². The molecule has 0 saturated heterocycles. The van der Waals surface area contributed by atoms with Crippen LogP contribution < -0.4 is 10.1 Å². The summed E-state index contributed by atoms with van der Waals surface area (Å²) < 4.78 is 31.7. The average molecular weight is 241 g/mol. The van der Waals surface area contributed by atoms with E-state index >= 15 is 0 Å². The Bertz CT molecular complexity index is 363. The van der Waals surface area contributed by atoms with Crippen molar-refractivity contribution in [1.82, 2.24) is 5.32 Å². The molecule has 2 atom stereocenters. The number of benzene rings is 1. The van der Waals surface area contributed by atoms with Gasteiger partial charge in [0.25, 0.3) is 0 Å². The van der Waals surface area contributed by atoms with Gasteiger partial charge >= 0.3 is 0 Å². The Labute approximate surface area is 100.0 Å². The normalized spacial score (nSPS) is 23.9. The number of hydrogen-bond acceptors (Lipinski definition) is 2. The number of hydrogen-bond donors (Lipinski definition) is 1. The van der Waals surface area contributed by atoms with Crippen LogP contribution in [0.25, 0.3) is 0 Å². The summed E-state index contributed by atoms with van der Waals surface area (Å²) in [5.74, 6) is -0.923. The average Bonchev–Trinajstić information content (AvgIpc) is 2.65. The van der Waals surface area contributed by atoms with Gasteiger partial charge in [0.2, 0.25) is 0 Å². The summed E-state index contributed by atoms with van der Waals surface area (Å²) in [6.45, 7) is 2.92. The van der Waals surface area contributed by atoms with Crippen LogP contribution >= 0.6 is 0 Å². The molecule has 2 unspecified atom stereocenters. The topological polar surface area (TPSA) is 21.3 Å².